The molecule has 0 aromatic heterocycles. The molecular formula is C12H13F3O3. The highest BCUT2D eigenvalue weighted by atomic mass is 19.4. The first-order chi connectivity index (χ1) is 8.37. The third-order valence-corrected chi connectivity index (χ3v) is 2.18. The predicted molar refractivity (Wildman–Crippen MR) is 58.1 cm³/mol. The number of benzene rings is 1. The Morgan fingerprint density at radius 2 is 1.72 bits per heavy atom. The van der Waals surface area contributed by atoms with E-state index < -0.39 is 18.6 Å². The Labute approximate surface area is 102 Å². The maximum Gasteiger partial charge on any atom is 0.391 e. The fraction of sp³-hybridized carbons (Fsp3) is 0.417. The Kier molecular flexibility index (Phi) is 5.15. The van der Waals surface area contributed by atoms with E-state index in [0.29, 0.717) is 11.1 Å². The number of hydrogen-bond acceptors (Lipinski definition) is 2. The van der Waals surface area contributed by atoms with Gasteiger partial charge in [0.15, 0.2) is 0 Å². The Hall–Kier alpha value is -1.56. The number of rotatable bonds is 6. The Morgan fingerprint density at radius 3 is 2.22 bits per heavy atom. The molecule has 0 aliphatic rings. The van der Waals surface area contributed by atoms with Gasteiger partial charge in [-0.3, -0.25) is 4.79 Å². The quantitative estimate of drug-likeness (QED) is 0.802. The molecule has 1 aromatic rings. The first-order valence-corrected chi connectivity index (χ1v) is 5.31. The van der Waals surface area contributed by atoms with Gasteiger partial charge < -0.3 is 9.84 Å². The van der Waals surface area contributed by atoms with E-state index in [1.54, 1.807) is 24.3 Å². The minimum absolute atomic E-state index is 0.0742. The van der Waals surface area contributed by atoms with Crippen LogP contribution in [-0.2, 0) is 22.6 Å². The van der Waals surface area contributed by atoms with Crippen LogP contribution in [0.25, 0.3) is 0 Å². The van der Waals surface area contributed by atoms with Crippen LogP contribution in [0, 0.1) is 0 Å². The van der Waals surface area contributed by atoms with Crippen LogP contribution in [0.4, 0.5) is 13.2 Å². The molecule has 0 aliphatic carbocycles. The minimum atomic E-state index is -4.20. The number of carboxylic acids is 1. The molecule has 1 N–H and O–H groups in total. The number of halogens is 3. The van der Waals surface area contributed by atoms with Crippen LogP contribution in [0.2, 0.25) is 0 Å². The number of ether oxygens (including phenoxy) is 1. The molecule has 0 saturated heterocycles. The van der Waals surface area contributed by atoms with Crippen molar-refractivity contribution in [2.24, 2.45) is 0 Å². The molecule has 0 fully saturated rings. The fourth-order valence-electron chi connectivity index (χ4n) is 1.31. The first-order valence-electron chi connectivity index (χ1n) is 5.31. The van der Waals surface area contributed by atoms with Crippen LogP contribution >= 0.6 is 0 Å². The molecule has 3 nitrogen and oxygen atoms in total. The van der Waals surface area contributed by atoms with Crippen molar-refractivity contribution in [1.29, 1.82) is 0 Å². The topological polar surface area (TPSA) is 46.5 Å². The second-order valence-electron chi connectivity index (χ2n) is 3.80. The molecule has 0 bridgehead atoms. The highest BCUT2D eigenvalue weighted by molar-refractivity contribution is 5.70. The largest absolute Gasteiger partial charge is 0.481 e. The SMILES string of the molecule is O=C(O)Cc1ccc(COCCC(F)(F)F)cc1. The Morgan fingerprint density at radius 1 is 1.17 bits per heavy atom. The molecule has 18 heavy (non-hydrogen) atoms. The number of alkyl halides is 3. The molecule has 0 radical (unpaired) electrons. The summed E-state index contributed by atoms with van der Waals surface area (Å²) < 4.78 is 40.3. The van der Waals surface area contributed by atoms with Crippen molar-refractivity contribution in [2.75, 3.05) is 6.61 Å². The lowest BCUT2D eigenvalue weighted by atomic mass is 10.1. The van der Waals surface area contributed by atoms with Crippen LogP contribution in [0.5, 0.6) is 0 Å². The lowest BCUT2D eigenvalue weighted by Gasteiger charge is -2.07. The second-order valence-corrected chi connectivity index (χ2v) is 3.80. The molecule has 0 atom stereocenters. The van der Waals surface area contributed by atoms with Crippen molar-refractivity contribution in [2.45, 2.75) is 25.6 Å². The zero-order valence-electron chi connectivity index (χ0n) is 9.54. The highest BCUT2D eigenvalue weighted by Gasteiger charge is 2.26. The highest BCUT2D eigenvalue weighted by Crippen LogP contribution is 2.19. The summed E-state index contributed by atoms with van der Waals surface area (Å²) in [4.78, 5) is 10.4. The zero-order chi connectivity index (χ0) is 13.6. The molecule has 0 heterocycles. The van der Waals surface area contributed by atoms with E-state index >= 15 is 0 Å². The maximum atomic E-state index is 11.8. The normalized spacial score (nSPS) is 11.5. The van der Waals surface area contributed by atoms with Crippen LogP contribution in [0.1, 0.15) is 17.5 Å². The first kappa shape index (κ1) is 14.5. The summed E-state index contributed by atoms with van der Waals surface area (Å²) in [6.45, 7) is -0.288. The summed E-state index contributed by atoms with van der Waals surface area (Å²) in [6, 6.07) is 6.53. The summed E-state index contributed by atoms with van der Waals surface area (Å²) >= 11 is 0. The van der Waals surface area contributed by atoms with Crippen molar-refractivity contribution in [3.8, 4) is 0 Å². The molecule has 0 aliphatic heterocycles. The van der Waals surface area contributed by atoms with Gasteiger partial charge in [0.2, 0.25) is 0 Å². The third-order valence-electron chi connectivity index (χ3n) is 2.18. The summed E-state index contributed by atoms with van der Waals surface area (Å²) in [5.41, 5.74) is 1.35. The minimum Gasteiger partial charge on any atom is -0.481 e. The van der Waals surface area contributed by atoms with Crippen molar-refractivity contribution >= 4 is 5.97 Å². The van der Waals surface area contributed by atoms with Crippen molar-refractivity contribution in [3.63, 3.8) is 0 Å². The number of aliphatic carboxylic acids is 1. The predicted octanol–water partition coefficient (Wildman–Crippen LogP) is 2.78. The number of hydrogen-bond donors (Lipinski definition) is 1. The molecule has 100 valence electrons. The van der Waals surface area contributed by atoms with E-state index in [1.165, 1.54) is 0 Å². The smallest absolute Gasteiger partial charge is 0.391 e. The Bertz CT molecular complexity index is 385. The molecule has 1 rings (SSSR count). The monoisotopic (exact) mass is 262 g/mol. The van der Waals surface area contributed by atoms with E-state index in [0.717, 1.165) is 0 Å². The van der Waals surface area contributed by atoms with Crippen LogP contribution in [0.3, 0.4) is 0 Å². The van der Waals surface area contributed by atoms with Crippen molar-refractivity contribution in [1.82, 2.24) is 0 Å². The fourth-order valence-corrected chi connectivity index (χ4v) is 1.31. The summed E-state index contributed by atoms with van der Waals surface area (Å²) in [5, 5.41) is 8.55. The van der Waals surface area contributed by atoms with Gasteiger partial charge >= 0.3 is 12.1 Å². The number of carboxylic acid groups (broad SMARTS) is 1. The summed E-state index contributed by atoms with van der Waals surface area (Å²) in [7, 11) is 0. The number of carbonyl (C=O) groups is 1. The van der Waals surface area contributed by atoms with E-state index in [-0.39, 0.29) is 19.6 Å². The average Bonchev–Trinajstić information content (AvgIpc) is 2.24. The van der Waals surface area contributed by atoms with Gasteiger partial charge in [0.1, 0.15) is 0 Å². The van der Waals surface area contributed by atoms with Gasteiger partial charge in [-0.2, -0.15) is 13.2 Å². The van der Waals surface area contributed by atoms with Crippen molar-refractivity contribution in [3.05, 3.63) is 35.4 Å². The van der Waals surface area contributed by atoms with Gasteiger partial charge in [-0.25, -0.2) is 0 Å². The maximum absolute atomic E-state index is 11.8. The van der Waals surface area contributed by atoms with Crippen LogP contribution in [-0.4, -0.2) is 23.9 Å². The third kappa shape index (κ3) is 6.24. The Balaban J connectivity index is 2.33. The molecule has 6 heteroatoms. The van der Waals surface area contributed by atoms with E-state index in [4.69, 9.17) is 9.84 Å². The van der Waals surface area contributed by atoms with E-state index in [1.807, 2.05) is 0 Å². The van der Waals surface area contributed by atoms with E-state index in [9.17, 15) is 18.0 Å². The molecule has 0 unspecified atom stereocenters. The van der Waals surface area contributed by atoms with Gasteiger partial charge in [-0.05, 0) is 11.1 Å². The standard InChI is InChI=1S/C12H13F3O3/c13-12(14,15)5-6-18-8-10-3-1-9(2-4-10)7-11(16)17/h1-4H,5-8H2,(H,16,17). The summed E-state index contributed by atoms with van der Waals surface area (Å²) in [6.07, 6.45) is -5.25. The lowest BCUT2D eigenvalue weighted by molar-refractivity contribution is -0.146. The van der Waals surface area contributed by atoms with Gasteiger partial charge in [-0.15, -0.1) is 0 Å². The van der Waals surface area contributed by atoms with Crippen molar-refractivity contribution < 1.29 is 27.8 Å². The summed E-state index contributed by atoms with van der Waals surface area (Å²) in [5.74, 6) is -0.927. The van der Waals surface area contributed by atoms with Gasteiger partial charge in [-0.1, -0.05) is 24.3 Å². The molecule has 1 aromatic carbocycles. The lowest BCUT2D eigenvalue weighted by Crippen LogP contribution is -2.11. The molecule has 0 spiro atoms. The molecule has 0 saturated carbocycles. The average molecular weight is 262 g/mol. The van der Waals surface area contributed by atoms with Gasteiger partial charge in [0.25, 0.3) is 0 Å². The van der Waals surface area contributed by atoms with Gasteiger partial charge in [0.05, 0.1) is 26.1 Å². The van der Waals surface area contributed by atoms with Gasteiger partial charge in [0, 0.05) is 0 Å². The molecule has 0 amide bonds. The van der Waals surface area contributed by atoms with E-state index in [2.05, 4.69) is 0 Å². The molecular weight excluding hydrogens is 249 g/mol. The van der Waals surface area contributed by atoms with Crippen LogP contribution in [0.15, 0.2) is 24.3 Å². The zero-order valence-corrected chi connectivity index (χ0v) is 9.54. The second kappa shape index (κ2) is 6.39. The van der Waals surface area contributed by atoms with Crippen LogP contribution < -0.4 is 0 Å².